The van der Waals surface area contributed by atoms with Crippen LogP contribution >= 0.6 is 0 Å². The van der Waals surface area contributed by atoms with Gasteiger partial charge in [-0.3, -0.25) is 0 Å². The van der Waals surface area contributed by atoms with Gasteiger partial charge in [-0.1, -0.05) is 42.5 Å². The van der Waals surface area contributed by atoms with E-state index in [1.165, 1.54) is 0 Å². The van der Waals surface area contributed by atoms with Gasteiger partial charge in [0.05, 0.1) is 57.3 Å². The first-order valence-electron chi connectivity index (χ1n) is 14.4. The topological polar surface area (TPSA) is 74.9 Å². The fourth-order valence-corrected chi connectivity index (χ4v) is 6.87. The highest BCUT2D eigenvalue weighted by atomic mass is 16.3. The number of aromatic nitrogens is 2. The van der Waals surface area contributed by atoms with Crippen molar-refractivity contribution >= 4 is 71.2 Å². The summed E-state index contributed by atoms with van der Waals surface area (Å²) in [6.45, 7) is 7.66. The van der Waals surface area contributed by atoms with Crippen molar-refractivity contribution in [1.29, 1.82) is 10.5 Å². The van der Waals surface area contributed by atoms with Crippen molar-refractivity contribution in [3.8, 4) is 23.5 Å². The zero-order valence-corrected chi connectivity index (χ0v) is 23.6. The highest BCUT2D eigenvalue weighted by Crippen LogP contribution is 2.43. The highest BCUT2D eigenvalue weighted by Gasteiger charge is 2.20. The maximum Gasteiger partial charge on any atom is 0.229 e. The Labute approximate surface area is 256 Å². The molecule has 0 saturated carbocycles. The molecule has 0 aliphatic carbocycles. The lowest BCUT2D eigenvalue weighted by atomic mass is 10.1. The summed E-state index contributed by atoms with van der Waals surface area (Å²) in [4.78, 5) is 3.70. The van der Waals surface area contributed by atoms with Gasteiger partial charge in [-0.2, -0.15) is 10.5 Å². The van der Waals surface area contributed by atoms with Crippen molar-refractivity contribution in [1.82, 2.24) is 9.13 Å². The number of furan rings is 1. The normalized spacial score (nSPS) is 11.5. The molecule has 0 unspecified atom stereocenters. The van der Waals surface area contributed by atoms with E-state index in [2.05, 4.69) is 74.6 Å². The number of fused-ring (bicyclic) bond motifs is 10. The third-order valence-electron chi connectivity index (χ3n) is 8.77. The van der Waals surface area contributed by atoms with Crippen LogP contribution in [-0.4, -0.2) is 9.13 Å². The number of benzene rings is 6. The molecular formula is C39H19N5O. The van der Waals surface area contributed by atoms with Gasteiger partial charge in [-0.15, -0.1) is 0 Å². The number of para-hydroxylation sites is 2. The van der Waals surface area contributed by atoms with E-state index in [0.29, 0.717) is 22.4 Å². The first-order valence-corrected chi connectivity index (χ1v) is 14.4. The van der Waals surface area contributed by atoms with Crippen LogP contribution in [0.2, 0.25) is 0 Å². The minimum absolute atomic E-state index is 0.503. The number of hydrogen-bond donors (Lipinski definition) is 0. The second kappa shape index (κ2) is 9.09. The van der Waals surface area contributed by atoms with Crippen molar-refractivity contribution in [3.05, 3.63) is 138 Å². The van der Waals surface area contributed by atoms with E-state index in [1.54, 1.807) is 6.07 Å². The molecule has 45 heavy (non-hydrogen) atoms. The monoisotopic (exact) mass is 573 g/mol. The van der Waals surface area contributed by atoms with Crippen LogP contribution in [0.25, 0.3) is 81.8 Å². The molecule has 0 radical (unpaired) electrons. The summed E-state index contributed by atoms with van der Waals surface area (Å²) >= 11 is 0. The van der Waals surface area contributed by atoms with Gasteiger partial charge in [-0.25, -0.2) is 4.85 Å². The van der Waals surface area contributed by atoms with Crippen molar-refractivity contribution in [3.63, 3.8) is 0 Å². The van der Waals surface area contributed by atoms with Crippen LogP contribution in [0.5, 0.6) is 0 Å². The van der Waals surface area contributed by atoms with Gasteiger partial charge in [0.1, 0.15) is 11.2 Å². The fraction of sp³-hybridized carbons (Fsp3) is 0. The van der Waals surface area contributed by atoms with E-state index >= 15 is 0 Å². The highest BCUT2D eigenvalue weighted by molar-refractivity contribution is 6.24. The molecule has 206 valence electrons. The molecule has 0 atom stereocenters. The van der Waals surface area contributed by atoms with Crippen LogP contribution in [0.3, 0.4) is 0 Å². The van der Waals surface area contributed by atoms with Crippen LogP contribution < -0.4 is 0 Å². The van der Waals surface area contributed by atoms with Crippen LogP contribution in [0, 0.1) is 29.2 Å². The molecule has 6 nitrogen and oxygen atoms in total. The van der Waals surface area contributed by atoms with Crippen LogP contribution in [-0.2, 0) is 0 Å². The van der Waals surface area contributed by atoms with Gasteiger partial charge < -0.3 is 13.6 Å². The van der Waals surface area contributed by atoms with Crippen molar-refractivity contribution in [2.24, 2.45) is 0 Å². The van der Waals surface area contributed by atoms with Gasteiger partial charge in [0.25, 0.3) is 0 Å². The molecule has 0 aliphatic heterocycles. The Balaban J connectivity index is 1.34. The lowest BCUT2D eigenvalue weighted by Crippen LogP contribution is -1.98. The second-order valence-corrected chi connectivity index (χ2v) is 11.1. The van der Waals surface area contributed by atoms with Crippen LogP contribution in [0.1, 0.15) is 11.1 Å². The maximum atomic E-state index is 9.61. The first kappa shape index (κ1) is 24.8. The predicted molar refractivity (Wildman–Crippen MR) is 178 cm³/mol. The van der Waals surface area contributed by atoms with Crippen LogP contribution in [0.4, 0.5) is 5.69 Å². The fourth-order valence-electron chi connectivity index (χ4n) is 6.87. The molecule has 0 N–H and O–H groups in total. The third-order valence-corrected chi connectivity index (χ3v) is 8.77. The minimum Gasteiger partial charge on any atom is -0.466 e. The minimum atomic E-state index is 0.503. The Morgan fingerprint density at radius 1 is 0.533 bits per heavy atom. The van der Waals surface area contributed by atoms with E-state index in [-0.39, 0.29) is 0 Å². The summed E-state index contributed by atoms with van der Waals surface area (Å²) in [5, 5.41) is 25.1. The average Bonchev–Trinajstić information content (AvgIpc) is 3.75. The number of rotatable bonds is 2. The van der Waals surface area contributed by atoms with E-state index < -0.39 is 0 Å². The molecule has 0 aliphatic rings. The molecule has 3 aromatic heterocycles. The molecule has 0 bridgehead atoms. The van der Waals surface area contributed by atoms with Crippen LogP contribution in [0.15, 0.2) is 120 Å². The van der Waals surface area contributed by atoms with Gasteiger partial charge in [0, 0.05) is 38.3 Å². The standard InChI is InChI=1S/C39H19N5O/c1-42-32-10-5-9-27-28-14-17-36-37(39(28)45-38(27)32)29-8-2-3-11-33(29)44(36)26-7-4-6-25(20-26)43-34-15-12-23(21-40)18-30(34)31-19-24(22-41)13-16-35(31)43/h2-20H. The SMILES string of the molecule is [C-]#[N+]c1cccc2c1oc1c2ccc2c1c1ccccc1n2-c1cccc(-n2c3ccc(C#N)cc3c3cc(C#N)ccc32)c1. The second-order valence-electron chi connectivity index (χ2n) is 11.1. The lowest BCUT2D eigenvalue weighted by molar-refractivity contribution is 0.675. The molecule has 0 fully saturated rings. The molecule has 0 saturated heterocycles. The molecule has 0 spiro atoms. The molecule has 0 amide bonds. The van der Waals surface area contributed by atoms with E-state index in [1.807, 2.05) is 60.7 Å². The maximum absolute atomic E-state index is 9.61. The van der Waals surface area contributed by atoms with Crippen molar-refractivity contribution < 1.29 is 4.42 Å². The Hall–Kier alpha value is -6.81. The summed E-state index contributed by atoms with van der Waals surface area (Å²) in [6.07, 6.45) is 0. The molecule has 6 aromatic carbocycles. The van der Waals surface area contributed by atoms with Crippen molar-refractivity contribution in [2.75, 3.05) is 0 Å². The number of nitrogens with zero attached hydrogens (tertiary/aromatic N) is 5. The van der Waals surface area contributed by atoms with E-state index in [4.69, 9.17) is 11.0 Å². The predicted octanol–water partition coefficient (Wildman–Crippen LogP) is 10.1. The lowest BCUT2D eigenvalue weighted by Gasteiger charge is -2.13. The number of hydrogen-bond acceptors (Lipinski definition) is 3. The Kier molecular flexibility index (Phi) is 5.00. The van der Waals surface area contributed by atoms with Crippen molar-refractivity contribution in [2.45, 2.75) is 0 Å². The van der Waals surface area contributed by atoms with Gasteiger partial charge in [-0.05, 0) is 72.8 Å². The van der Waals surface area contributed by atoms with E-state index in [0.717, 1.165) is 71.3 Å². The summed E-state index contributed by atoms with van der Waals surface area (Å²) in [5.74, 6) is 0. The van der Waals surface area contributed by atoms with Gasteiger partial charge in [0.15, 0.2) is 0 Å². The summed E-state index contributed by atoms with van der Waals surface area (Å²) < 4.78 is 10.9. The molecule has 6 heteroatoms. The average molecular weight is 574 g/mol. The third kappa shape index (κ3) is 3.35. The smallest absolute Gasteiger partial charge is 0.229 e. The Morgan fingerprint density at radius 3 is 1.80 bits per heavy atom. The quantitative estimate of drug-likeness (QED) is 0.193. The number of nitriles is 2. The first-order chi connectivity index (χ1) is 22.2. The largest absolute Gasteiger partial charge is 0.466 e. The summed E-state index contributed by atoms with van der Waals surface area (Å²) in [6, 6.07) is 42.5. The van der Waals surface area contributed by atoms with E-state index in [9.17, 15) is 10.5 Å². The van der Waals surface area contributed by atoms with Gasteiger partial charge in [0.2, 0.25) is 5.69 Å². The Morgan fingerprint density at radius 2 is 1.11 bits per heavy atom. The summed E-state index contributed by atoms with van der Waals surface area (Å²) in [7, 11) is 0. The van der Waals surface area contributed by atoms with Gasteiger partial charge >= 0.3 is 0 Å². The summed E-state index contributed by atoms with van der Waals surface area (Å²) in [5.41, 5.74) is 8.93. The zero-order chi connectivity index (χ0) is 30.2. The molecule has 9 aromatic rings. The molecule has 3 heterocycles. The molecule has 9 rings (SSSR count). The Bertz CT molecular complexity index is 2790. The molecular weight excluding hydrogens is 554 g/mol. The zero-order valence-electron chi connectivity index (χ0n) is 23.6.